The summed E-state index contributed by atoms with van der Waals surface area (Å²) in [5.41, 5.74) is 6.88. The zero-order valence-corrected chi connectivity index (χ0v) is 11.5. The molecule has 104 valence electrons. The highest BCUT2D eigenvalue weighted by atomic mass is 16.5. The van der Waals surface area contributed by atoms with Gasteiger partial charge in [0.2, 0.25) is 0 Å². The number of nitrogen functional groups attached to an aromatic ring is 1. The van der Waals surface area contributed by atoms with E-state index < -0.39 is 0 Å². The first-order chi connectivity index (χ1) is 9.24. The zero-order valence-electron chi connectivity index (χ0n) is 11.5. The third-order valence-corrected chi connectivity index (χ3v) is 3.73. The van der Waals surface area contributed by atoms with Crippen LogP contribution in [0.3, 0.4) is 0 Å². The third kappa shape index (κ3) is 3.35. The normalized spacial score (nSPS) is 18.6. The van der Waals surface area contributed by atoms with Crippen molar-refractivity contribution in [1.82, 2.24) is 9.97 Å². The number of nitrogens with zero attached hydrogens (tertiary/aromatic N) is 2. The van der Waals surface area contributed by atoms with Gasteiger partial charge < -0.3 is 15.8 Å². The Morgan fingerprint density at radius 1 is 1.26 bits per heavy atom. The minimum atomic E-state index is 0.523. The van der Waals surface area contributed by atoms with Crippen LogP contribution in [0.2, 0.25) is 0 Å². The smallest absolute Gasteiger partial charge is 0.136 e. The fourth-order valence-electron chi connectivity index (χ4n) is 2.02. The summed E-state index contributed by atoms with van der Waals surface area (Å²) in [4.78, 5) is 8.95. The van der Waals surface area contributed by atoms with Gasteiger partial charge in [-0.1, -0.05) is 0 Å². The summed E-state index contributed by atoms with van der Waals surface area (Å²) in [5, 5.41) is 3.31. The fraction of sp³-hybridized carbons (Fsp3) is 0.714. The van der Waals surface area contributed by atoms with Gasteiger partial charge in [0, 0.05) is 24.6 Å². The molecule has 2 saturated carbocycles. The number of nitrogens with one attached hydrogen (secondary N) is 1. The molecule has 0 amide bonds. The molecule has 0 saturated heterocycles. The number of anilines is 2. The summed E-state index contributed by atoms with van der Waals surface area (Å²) >= 11 is 0. The first kappa shape index (κ1) is 12.7. The average molecular weight is 262 g/mol. The molecule has 0 spiro atoms. The molecular weight excluding hydrogens is 240 g/mol. The summed E-state index contributed by atoms with van der Waals surface area (Å²) in [5.74, 6) is 3.69. The van der Waals surface area contributed by atoms with E-state index in [1.165, 1.54) is 25.7 Å². The summed E-state index contributed by atoms with van der Waals surface area (Å²) in [6, 6.07) is 0. The highest BCUT2D eigenvalue weighted by molar-refractivity contribution is 5.55. The second-order valence-electron chi connectivity index (χ2n) is 5.66. The molecule has 1 aromatic rings. The maximum absolute atomic E-state index is 5.94. The molecule has 0 bridgehead atoms. The summed E-state index contributed by atoms with van der Waals surface area (Å²) in [7, 11) is 0. The molecule has 0 aliphatic heterocycles. The van der Waals surface area contributed by atoms with Crippen molar-refractivity contribution in [2.24, 2.45) is 5.92 Å². The summed E-state index contributed by atoms with van der Waals surface area (Å²) in [6.07, 6.45) is 5.04. The monoisotopic (exact) mass is 262 g/mol. The van der Waals surface area contributed by atoms with Crippen molar-refractivity contribution in [1.29, 1.82) is 0 Å². The molecule has 0 radical (unpaired) electrons. The van der Waals surface area contributed by atoms with Crippen LogP contribution in [0.25, 0.3) is 0 Å². The number of nitrogens with two attached hydrogens (primary N) is 1. The van der Waals surface area contributed by atoms with E-state index in [9.17, 15) is 0 Å². The number of rotatable bonds is 7. The van der Waals surface area contributed by atoms with Gasteiger partial charge in [0.15, 0.2) is 0 Å². The van der Waals surface area contributed by atoms with Crippen molar-refractivity contribution in [2.45, 2.75) is 38.5 Å². The highest BCUT2D eigenvalue weighted by Gasteiger charge is 2.27. The summed E-state index contributed by atoms with van der Waals surface area (Å²) < 4.78 is 5.60. The Morgan fingerprint density at radius 2 is 2.05 bits per heavy atom. The van der Waals surface area contributed by atoms with Gasteiger partial charge in [-0.05, 0) is 38.5 Å². The van der Waals surface area contributed by atoms with E-state index in [0.29, 0.717) is 11.7 Å². The summed E-state index contributed by atoms with van der Waals surface area (Å²) in [6.45, 7) is 4.35. The van der Waals surface area contributed by atoms with Crippen molar-refractivity contribution in [2.75, 3.05) is 30.8 Å². The van der Waals surface area contributed by atoms with Gasteiger partial charge in [0.25, 0.3) is 0 Å². The van der Waals surface area contributed by atoms with Crippen LogP contribution in [-0.4, -0.2) is 29.7 Å². The van der Waals surface area contributed by atoms with E-state index >= 15 is 0 Å². The van der Waals surface area contributed by atoms with Gasteiger partial charge in [-0.3, -0.25) is 0 Å². The minimum absolute atomic E-state index is 0.523. The molecule has 2 fully saturated rings. The van der Waals surface area contributed by atoms with E-state index in [1.54, 1.807) is 0 Å². The second-order valence-corrected chi connectivity index (χ2v) is 5.66. The Labute approximate surface area is 114 Å². The SMILES string of the molecule is Cc1c(N)nc(C2CC2)nc1NCCOCC1CC1. The molecule has 3 N–H and O–H groups in total. The Morgan fingerprint density at radius 3 is 2.74 bits per heavy atom. The van der Waals surface area contributed by atoms with E-state index in [2.05, 4.69) is 15.3 Å². The van der Waals surface area contributed by atoms with Crippen molar-refractivity contribution < 1.29 is 4.74 Å². The lowest BCUT2D eigenvalue weighted by molar-refractivity contribution is 0.134. The van der Waals surface area contributed by atoms with Gasteiger partial charge in [-0.25, -0.2) is 9.97 Å². The molecule has 3 rings (SSSR count). The van der Waals surface area contributed by atoms with E-state index in [4.69, 9.17) is 10.5 Å². The molecule has 5 heteroatoms. The lowest BCUT2D eigenvalue weighted by Crippen LogP contribution is -2.14. The highest BCUT2D eigenvalue weighted by Crippen LogP contribution is 2.39. The topological polar surface area (TPSA) is 73.1 Å². The predicted octanol–water partition coefficient (Wildman–Crippen LogP) is 2.08. The number of hydrogen-bond acceptors (Lipinski definition) is 5. The molecule has 2 aliphatic rings. The molecule has 19 heavy (non-hydrogen) atoms. The van der Waals surface area contributed by atoms with Crippen LogP contribution in [0.15, 0.2) is 0 Å². The molecule has 0 aromatic carbocycles. The Kier molecular flexibility index (Phi) is 3.55. The molecular formula is C14H22N4O. The molecule has 2 aliphatic carbocycles. The van der Waals surface area contributed by atoms with Crippen LogP contribution in [-0.2, 0) is 4.74 Å². The third-order valence-electron chi connectivity index (χ3n) is 3.73. The van der Waals surface area contributed by atoms with Gasteiger partial charge in [-0.2, -0.15) is 0 Å². The van der Waals surface area contributed by atoms with Crippen LogP contribution >= 0.6 is 0 Å². The minimum Gasteiger partial charge on any atom is -0.383 e. The molecule has 0 unspecified atom stereocenters. The van der Waals surface area contributed by atoms with Gasteiger partial charge in [0.1, 0.15) is 17.5 Å². The molecule has 1 heterocycles. The first-order valence-electron chi connectivity index (χ1n) is 7.19. The van der Waals surface area contributed by atoms with E-state index in [-0.39, 0.29) is 0 Å². The molecule has 0 atom stereocenters. The number of ether oxygens (including phenoxy) is 1. The first-order valence-corrected chi connectivity index (χ1v) is 7.19. The quantitative estimate of drug-likeness (QED) is 0.736. The maximum atomic E-state index is 5.94. The molecule has 1 aromatic heterocycles. The van der Waals surface area contributed by atoms with Crippen LogP contribution in [0, 0.1) is 12.8 Å². The van der Waals surface area contributed by atoms with Gasteiger partial charge in [0.05, 0.1) is 6.61 Å². The number of hydrogen-bond donors (Lipinski definition) is 2. The van der Waals surface area contributed by atoms with Gasteiger partial charge in [-0.15, -0.1) is 0 Å². The van der Waals surface area contributed by atoms with Crippen molar-refractivity contribution in [3.05, 3.63) is 11.4 Å². The van der Waals surface area contributed by atoms with Crippen molar-refractivity contribution in [3.63, 3.8) is 0 Å². The lowest BCUT2D eigenvalue weighted by atomic mass is 10.3. The number of aromatic nitrogens is 2. The Bertz CT molecular complexity index is 455. The lowest BCUT2D eigenvalue weighted by Gasteiger charge is -2.12. The standard InChI is InChI=1S/C14H22N4O/c1-9-12(15)17-14(11-4-5-11)18-13(9)16-6-7-19-8-10-2-3-10/h10-11H,2-8H2,1H3,(H3,15,16,17,18). The van der Waals surface area contributed by atoms with Crippen molar-refractivity contribution >= 4 is 11.6 Å². The Balaban J connectivity index is 1.52. The van der Waals surface area contributed by atoms with Crippen LogP contribution in [0.1, 0.15) is 43.0 Å². The van der Waals surface area contributed by atoms with Crippen molar-refractivity contribution in [3.8, 4) is 0 Å². The predicted molar refractivity (Wildman–Crippen MR) is 75.2 cm³/mol. The maximum Gasteiger partial charge on any atom is 0.136 e. The van der Waals surface area contributed by atoms with Crippen LogP contribution in [0.4, 0.5) is 11.6 Å². The van der Waals surface area contributed by atoms with E-state index in [0.717, 1.165) is 42.9 Å². The zero-order chi connectivity index (χ0) is 13.2. The largest absolute Gasteiger partial charge is 0.383 e. The fourth-order valence-corrected chi connectivity index (χ4v) is 2.02. The van der Waals surface area contributed by atoms with Crippen LogP contribution < -0.4 is 11.1 Å². The van der Waals surface area contributed by atoms with E-state index in [1.807, 2.05) is 6.92 Å². The Hall–Kier alpha value is -1.36. The second kappa shape index (κ2) is 5.33. The average Bonchev–Trinajstić information content (AvgIpc) is 3.27. The molecule has 5 nitrogen and oxygen atoms in total. The van der Waals surface area contributed by atoms with Crippen LogP contribution in [0.5, 0.6) is 0 Å². The van der Waals surface area contributed by atoms with Gasteiger partial charge >= 0.3 is 0 Å².